The molecule has 0 fully saturated rings. The van der Waals surface area contributed by atoms with Crippen molar-refractivity contribution in [1.82, 2.24) is 0 Å². The average molecular weight is 236 g/mol. The van der Waals surface area contributed by atoms with Gasteiger partial charge in [0.15, 0.2) is 0 Å². The predicted octanol–water partition coefficient (Wildman–Crippen LogP) is 1.77. The Kier molecular flexibility index (Phi) is 2.93. The van der Waals surface area contributed by atoms with Crippen LogP contribution in [0.2, 0.25) is 0 Å². The molecule has 0 spiro atoms. The molecule has 92 valence electrons. The van der Waals surface area contributed by atoms with Gasteiger partial charge in [-0.25, -0.2) is 4.79 Å². The Morgan fingerprint density at radius 3 is 2.88 bits per heavy atom. The lowest BCUT2D eigenvalue weighted by Crippen LogP contribution is -2.32. The molecule has 0 radical (unpaired) electrons. The van der Waals surface area contributed by atoms with Crippen molar-refractivity contribution in [2.75, 3.05) is 13.7 Å². The normalized spacial score (nSPS) is 21.8. The molecule has 1 aromatic carbocycles. The molecular weight excluding hydrogens is 220 g/mol. The van der Waals surface area contributed by atoms with Crippen LogP contribution in [-0.4, -0.2) is 24.8 Å². The third-order valence-electron chi connectivity index (χ3n) is 3.08. The minimum Gasteiger partial charge on any atom is -0.465 e. The molecule has 1 N–H and O–H groups in total. The van der Waals surface area contributed by atoms with E-state index in [1.807, 2.05) is 19.9 Å². The highest BCUT2D eigenvalue weighted by Crippen LogP contribution is 2.37. The molecular formula is C13H16O4. The summed E-state index contributed by atoms with van der Waals surface area (Å²) in [7, 11) is 1.34. The Morgan fingerprint density at radius 1 is 1.53 bits per heavy atom. The van der Waals surface area contributed by atoms with E-state index in [2.05, 4.69) is 4.74 Å². The summed E-state index contributed by atoms with van der Waals surface area (Å²) in [6, 6.07) is 5.17. The van der Waals surface area contributed by atoms with E-state index in [0.717, 1.165) is 11.1 Å². The number of methoxy groups -OCH3 is 1. The fourth-order valence-corrected chi connectivity index (χ4v) is 2.09. The fourth-order valence-electron chi connectivity index (χ4n) is 2.09. The number of fused-ring (bicyclic) bond motifs is 1. The standard InChI is InChI=1S/C13H16O4/c1-13(2)10-5-4-8(12(15)16-3)6-9(10)11(14)7-17-13/h4-6,11,14H,7H2,1-3H3/t11-/m1/s1. The second kappa shape index (κ2) is 4.13. The summed E-state index contributed by atoms with van der Waals surface area (Å²) in [6.45, 7) is 4.12. The number of carbonyl (C=O) groups excluding carboxylic acids is 1. The zero-order valence-corrected chi connectivity index (χ0v) is 10.2. The van der Waals surface area contributed by atoms with Crippen LogP contribution < -0.4 is 0 Å². The van der Waals surface area contributed by atoms with E-state index in [4.69, 9.17) is 4.74 Å². The quantitative estimate of drug-likeness (QED) is 0.755. The Labute approximate surface area is 100 Å². The first-order valence-electron chi connectivity index (χ1n) is 5.50. The maximum Gasteiger partial charge on any atom is 0.337 e. The van der Waals surface area contributed by atoms with Gasteiger partial charge < -0.3 is 14.6 Å². The van der Waals surface area contributed by atoms with Crippen LogP contribution in [-0.2, 0) is 15.1 Å². The molecule has 4 heteroatoms. The number of carbonyl (C=O) groups is 1. The van der Waals surface area contributed by atoms with Gasteiger partial charge in [-0.1, -0.05) is 6.07 Å². The highest BCUT2D eigenvalue weighted by Gasteiger charge is 2.33. The van der Waals surface area contributed by atoms with Gasteiger partial charge in [-0.15, -0.1) is 0 Å². The first kappa shape index (κ1) is 12.1. The Morgan fingerprint density at radius 2 is 2.24 bits per heavy atom. The summed E-state index contributed by atoms with van der Waals surface area (Å²) in [5.74, 6) is -0.399. The molecule has 0 aromatic heterocycles. The van der Waals surface area contributed by atoms with Crippen LogP contribution in [0.1, 0.15) is 41.4 Å². The number of esters is 1. The molecule has 17 heavy (non-hydrogen) atoms. The van der Waals surface area contributed by atoms with E-state index in [-0.39, 0.29) is 6.61 Å². The molecule has 1 atom stereocenters. The molecule has 0 unspecified atom stereocenters. The highest BCUT2D eigenvalue weighted by atomic mass is 16.5. The number of benzene rings is 1. The molecule has 0 bridgehead atoms. The van der Waals surface area contributed by atoms with Crippen molar-refractivity contribution in [3.8, 4) is 0 Å². The summed E-state index contributed by atoms with van der Waals surface area (Å²) in [5.41, 5.74) is 1.65. The molecule has 0 saturated heterocycles. The lowest BCUT2D eigenvalue weighted by Gasteiger charge is -2.35. The number of rotatable bonds is 1. The van der Waals surface area contributed by atoms with Gasteiger partial charge in [0.2, 0.25) is 0 Å². The number of hydrogen-bond donors (Lipinski definition) is 1. The molecule has 0 amide bonds. The van der Waals surface area contributed by atoms with Gasteiger partial charge in [-0.3, -0.25) is 0 Å². The lowest BCUT2D eigenvalue weighted by molar-refractivity contribution is -0.0825. The van der Waals surface area contributed by atoms with E-state index in [1.165, 1.54) is 7.11 Å². The van der Waals surface area contributed by atoms with Crippen LogP contribution >= 0.6 is 0 Å². The van der Waals surface area contributed by atoms with Crippen molar-refractivity contribution in [2.45, 2.75) is 25.6 Å². The van der Waals surface area contributed by atoms with E-state index in [9.17, 15) is 9.90 Å². The Bertz CT molecular complexity index is 451. The van der Waals surface area contributed by atoms with Gasteiger partial charge in [0, 0.05) is 0 Å². The van der Waals surface area contributed by atoms with Crippen LogP contribution in [0.4, 0.5) is 0 Å². The zero-order chi connectivity index (χ0) is 12.6. The van der Waals surface area contributed by atoms with Crippen LogP contribution in [0.15, 0.2) is 18.2 Å². The van der Waals surface area contributed by atoms with Gasteiger partial charge >= 0.3 is 5.97 Å². The molecule has 1 aliphatic rings. The zero-order valence-electron chi connectivity index (χ0n) is 10.2. The van der Waals surface area contributed by atoms with Crippen LogP contribution in [0.5, 0.6) is 0 Å². The summed E-state index contributed by atoms with van der Waals surface area (Å²) in [4.78, 5) is 11.4. The average Bonchev–Trinajstić information content (AvgIpc) is 2.33. The second-order valence-electron chi connectivity index (χ2n) is 4.63. The Balaban J connectivity index is 2.50. The summed E-state index contributed by atoms with van der Waals surface area (Å²) >= 11 is 0. The number of hydrogen-bond acceptors (Lipinski definition) is 4. The predicted molar refractivity (Wildman–Crippen MR) is 61.7 cm³/mol. The number of aliphatic hydroxyl groups excluding tert-OH is 1. The maximum atomic E-state index is 11.4. The van der Waals surface area contributed by atoms with E-state index in [0.29, 0.717) is 5.56 Å². The van der Waals surface area contributed by atoms with Crippen molar-refractivity contribution >= 4 is 5.97 Å². The monoisotopic (exact) mass is 236 g/mol. The van der Waals surface area contributed by atoms with E-state index >= 15 is 0 Å². The summed E-state index contributed by atoms with van der Waals surface area (Å²) in [6.07, 6.45) is -0.692. The van der Waals surface area contributed by atoms with Gasteiger partial charge in [0.05, 0.1) is 24.9 Å². The minimum absolute atomic E-state index is 0.241. The molecule has 4 nitrogen and oxygen atoms in total. The van der Waals surface area contributed by atoms with Gasteiger partial charge in [0.1, 0.15) is 6.10 Å². The van der Waals surface area contributed by atoms with Crippen molar-refractivity contribution in [2.24, 2.45) is 0 Å². The van der Waals surface area contributed by atoms with Crippen molar-refractivity contribution in [3.05, 3.63) is 34.9 Å². The number of ether oxygens (including phenoxy) is 2. The first-order valence-corrected chi connectivity index (χ1v) is 5.50. The fraction of sp³-hybridized carbons (Fsp3) is 0.462. The number of aliphatic hydroxyl groups is 1. The minimum atomic E-state index is -0.692. The Hall–Kier alpha value is -1.39. The van der Waals surface area contributed by atoms with Gasteiger partial charge in [-0.2, -0.15) is 0 Å². The van der Waals surface area contributed by atoms with Crippen LogP contribution in [0.3, 0.4) is 0 Å². The van der Waals surface area contributed by atoms with E-state index < -0.39 is 17.7 Å². The van der Waals surface area contributed by atoms with E-state index in [1.54, 1.807) is 12.1 Å². The molecule has 1 aliphatic heterocycles. The second-order valence-corrected chi connectivity index (χ2v) is 4.63. The van der Waals surface area contributed by atoms with Gasteiger partial charge in [0.25, 0.3) is 0 Å². The van der Waals surface area contributed by atoms with Gasteiger partial charge in [-0.05, 0) is 37.1 Å². The van der Waals surface area contributed by atoms with Crippen molar-refractivity contribution in [1.29, 1.82) is 0 Å². The van der Waals surface area contributed by atoms with Crippen molar-refractivity contribution < 1.29 is 19.4 Å². The summed E-state index contributed by atoms with van der Waals surface area (Å²) in [5, 5.41) is 9.90. The third kappa shape index (κ3) is 2.06. The lowest BCUT2D eigenvalue weighted by atomic mass is 9.87. The molecule has 1 aromatic rings. The smallest absolute Gasteiger partial charge is 0.337 e. The highest BCUT2D eigenvalue weighted by molar-refractivity contribution is 5.89. The largest absolute Gasteiger partial charge is 0.465 e. The van der Waals surface area contributed by atoms with Crippen LogP contribution in [0, 0.1) is 0 Å². The van der Waals surface area contributed by atoms with Crippen molar-refractivity contribution in [3.63, 3.8) is 0 Å². The molecule has 1 heterocycles. The SMILES string of the molecule is COC(=O)c1ccc2c(c1)[C@H](O)COC2(C)C. The molecule has 0 saturated carbocycles. The first-order chi connectivity index (χ1) is 7.95. The topological polar surface area (TPSA) is 55.8 Å². The molecule has 0 aliphatic carbocycles. The van der Waals surface area contributed by atoms with Crippen LogP contribution in [0.25, 0.3) is 0 Å². The maximum absolute atomic E-state index is 11.4. The molecule has 2 rings (SSSR count). The summed E-state index contributed by atoms with van der Waals surface area (Å²) < 4.78 is 10.2. The third-order valence-corrected chi connectivity index (χ3v) is 3.08.